The molecule has 0 N–H and O–H groups in total. The molecule has 76 valence electrons. The average Bonchev–Trinajstić information content (AvgIpc) is 2.08. The molecule has 0 saturated carbocycles. The van der Waals surface area contributed by atoms with Crippen LogP contribution in [-0.2, 0) is 4.79 Å². The quantitative estimate of drug-likeness (QED) is 0.770. The van der Waals surface area contributed by atoms with Gasteiger partial charge in [-0.3, -0.25) is 4.79 Å². The molecule has 1 aromatic rings. The smallest absolute Gasteiger partial charge is 0.172 e. The van der Waals surface area contributed by atoms with Crippen LogP contribution in [-0.4, -0.2) is 11.4 Å². The minimum Gasteiger partial charge on any atom is -0.480 e. The molecule has 0 atom stereocenters. The van der Waals surface area contributed by atoms with Gasteiger partial charge in [0.2, 0.25) is 0 Å². The van der Waals surface area contributed by atoms with Crippen molar-refractivity contribution in [1.29, 1.82) is 0 Å². The zero-order valence-electron chi connectivity index (χ0n) is 8.50. The highest BCUT2D eigenvalue weighted by molar-refractivity contribution is 6.30. The lowest BCUT2D eigenvalue weighted by atomic mass is 10.1. The van der Waals surface area contributed by atoms with Crippen LogP contribution in [0.5, 0.6) is 5.75 Å². The SMILES string of the molecule is CC(=O)C(C)(C)Oc1ccc(Cl)cc1. The Kier molecular flexibility index (Phi) is 3.17. The molecule has 14 heavy (non-hydrogen) atoms. The molecule has 2 nitrogen and oxygen atoms in total. The molecule has 0 unspecified atom stereocenters. The fourth-order valence-electron chi connectivity index (χ4n) is 0.869. The van der Waals surface area contributed by atoms with Gasteiger partial charge in [-0.05, 0) is 45.0 Å². The van der Waals surface area contributed by atoms with Gasteiger partial charge in [0.15, 0.2) is 11.4 Å². The lowest BCUT2D eigenvalue weighted by Crippen LogP contribution is -2.36. The van der Waals surface area contributed by atoms with Crippen LogP contribution >= 0.6 is 11.6 Å². The number of carbonyl (C=O) groups excluding carboxylic acids is 1. The lowest BCUT2D eigenvalue weighted by molar-refractivity contribution is -0.129. The van der Waals surface area contributed by atoms with Crippen LogP contribution in [0.4, 0.5) is 0 Å². The Hall–Kier alpha value is -1.02. The highest BCUT2D eigenvalue weighted by atomic mass is 35.5. The van der Waals surface area contributed by atoms with Crippen molar-refractivity contribution < 1.29 is 9.53 Å². The second-order valence-corrected chi connectivity index (χ2v) is 4.06. The maximum absolute atomic E-state index is 11.2. The topological polar surface area (TPSA) is 26.3 Å². The average molecular weight is 213 g/mol. The van der Waals surface area contributed by atoms with Gasteiger partial charge < -0.3 is 4.74 Å². The molecule has 0 fully saturated rings. The van der Waals surface area contributed by atoms with Crippen LogP contribution in [0, 0.1) is 0 Å². The van der Waals surface area contributed by atoms with Gasteiger partial charge in [0.05, 0.1) is 0 Å². The number of carbonyl (C=O) groups is 1. The number of benzene rings is 1. The number of rotatable bonds is 3. The van der Waals surface area contributed by atoms with Gasteiger partial charge in [-0.25, -0.2) is 0 Å². The summed E-state index contributed by atoms with van der Waals surface area (Å²) < 4.78 is 5.51. The van der Waals surface area contributed by atoms with Crippen LogP contribution in [0.2, 0.25) is 5.02 Å². The van der Waals surface area contributed by atoms with Gasteiger partial charge >= 0.3 is 0 Å². The molecule has 0 aromatic heterocycles. The minimum atomic E-state index is -0.784. The molecule has 0 spiro atoms. The Balaban J connectivity index is 2.79. The molecular weight excluding hydrogens is 200 g/mol. The fourth-order valence-corrected chi connectivity index (χ4v) is 0.995. The van der Waals surface area contributed by atoms with E-state index in [-0.39, 0.29) is 5.78 Å². The summed E-state index contributed by atoms with van der Waals surface area (Å²) in [6, 6.07) is 6.94. The van der Waals surface area contributed by atoms with Gasteiger partial charge in [-0.2, -0.15) is 0 Å². The first kappa shape index (κ1) is 11.1. The van der Waals surface area contributed by atoms with Crippen molar-refractivity contribution in [1.82, 2.24) is 0 Å². The normalized spacial score (nSPS) is 11.1. The third kappa shape index (κ3) is 2.74. The van der Waals surface area contributed by atoms with E-state index in [4.69, 9.17) is 16.3 Å². The number of ketones is 1. The van der Waals surface area contributed by atoms with Crippen LogP contribution in [0.1, 0.15) is 20.8 Å². The zero-order chi connectivity index (χ0) is 10.8. The predicted octanol–water partition coefficient (Wildman–Crippen LogP) is 3.09. The first-order valence-electron chi connectivity index (χ1n) is 4.37. The molecule has 0 saturated heterocycles. The molecule has 0 radical (unpaired) electrons. The Bertz CT molecular complexity index is 328. The van der Waals surface area contributed by atoms with E-state index in [9.17, 15) is 4.79 Å². The number of halogens is 1. The molecule has 1 aromatic carbocycles. The van der Waals surface area contributed by atoms with Crippen LogP contribution in [0.25, 0.3) is 0 Å². The Morgan fingerprint density at radius 3 is 2.21 bits per heavy atom. The third-order valence-corrected chi connectivity index (χ3v) is 2.29. The summed E-state index contributed by atoms with van der Waals surface area (Å²) in [6.45, 7) is 4.99. The molecule has 0 aliphatic carbocycles. The number of hydrogen-bond acceptors (Lipinski definition) is 2. The Morgan fingerprint density at radius 1 is 1.29 bits per heavy atom. The van der Waals surface area contributed by atoms with Crippen molar-refractivity contribution in [3.63, 3.8) is 0 Å². The lowest BCUT2D eigenvalue weighted by Gasteiger charge is -2.23. The van der Waals surface area contributed by atoms with E-state index in [0.717, 1.165) is 0 Å². The van der Waals surface area contributed by atoms with Gasteiger partial charge in [0.25, 0.3) is 0 Å². The van der Waals surface area contributed by atoms with Crippen molar-refractivity contribution in [3.8, 4) is 5.75 Å². The van der Waals surface area contributed by atoms with Crippen molar-refractivity contribution in [2.75, 3.05) is 0 Å². The number of Topliss-reactive ketones (excluding diaryl/α,β-unsaturated/α-hetero) is 1. The summed E-state index contributed by atoms with van der Waals surface area (Å²) >= 11 is 5.72. The van der Waals surface area contributed by atoms with E-state index in [0.29, 0.717) is 10.8 Å². The second kappa shape index (κ2) is 4.01. The minimum absolute atomic E-state index is 0.00699. The maximum atomic E-state index is 11.2. The van der Waals surface area contributed by atoms with Gasteiger partial charge in [-0.1, -0.05) is 11.6 Å². The second-order valence-electron chi connectivity index (χ2n) is 3.62. The van der Waals surface area contributed by atoms with E-state index in [2.05, 4.69) is 0 Å². The summed E-state index contributed by atoms with van der Waals surface area (Å²) in [5, 5.41) is 0.651. The maximum Gasteiger partial charge on any atom is 0.172 e. The first-order chi connectivity index (χ1) is 6.42. The summed E-state index contributed by atoms with van der Waals surface area (Å²) in [4.78, 5) is 11.2. The fraction of sp³-hybridized carbons (Fsp3) is 0.364. The molecular formula is C11H13ClO2. The van der Waals surface area contributed by atoms with Gasteiger partial charge in [0.1, 0.15) is 5.75 Å². The van der Waals surface area contributed by atoms with Crippen LogP contribution in [0.3, 0.4) is 0 Å². The summed E-state index contributed by atoms with van der Waals surface area (Å²) in [6.07, 6.45) is 0. The monoisotopic (exact) mass is 212 g/mol. The molecule has 0 heterocycles. The van der Waals surface area contributed by atoms with Crippen molar-refractivity contribution in [2.24, 2.45) is 0 Å². The molecule has 0 amide bonds. The van der Waals surface area contributed by atoms with E-state index < -0.39 is 5.60 Å². The zero-order valence-corrected chi connectivity index (χ0v) is 9.26. The van der Waals surface area contributed by atoms with Crippen molar-refractivity contribution in [3.05, 3.63) is 29.3 Å². The third-order valence-electron chi connectivity index (χ3n) is 2.03. The molecule has 0 bridgehead atoms. The highest BCUT2D eigenvalue weighted by Gasteiger charge is 2.25. The standard InChI is InChI=1S/C11H13ClO2/c1-8(13)11(2,3)14-10-6-4-9(12)5-7-10/h4-7H,1-3H3. The van der Waals surface area contributed by atoms with E-state index in [1.165, 1.54) is 6.92 Å². The van der Waals surface area contributed by atoms with E-state index in [1.54, 1.807) is 38.1 Å². The summed E-state index contributed by atoms with van der Waals surface area (Å²) in [7, 11) is 0. The van der Waals surface area contributed by atoms with Crippen molar-refractivity contribution >= 4 is 17.4 Å². The number of ether oxygens (including phenoxy) is 1. The van der Waals surface area contributed by atoms with Crippen LogP contribution in [0.15, 0.2) is 24.3 Å². The molecule has 1 rings (SSSR count). The molecule has 0 aliphatic rings. The predicted molar refractivity (Wildman–Crippen MR) is 56.8 cm³/mol. The van der Waals surface area contributed by atoms with E-state index in [1.807, 2.05) is 0 Å². The van der Waals surface area contributed by atoms with E-state index >= 15 is 0 Å². The Morgan fingerprint density at radius 2 is 1.79 bits per heavy atom. The number of hydrogen-bond donors (Lipinski definition) is 0. The van der Waals surface area contributed by atoms with Gasteiger partial charge in [-0.15, -0.1) is 0 Å². The summed E-state index contributed by atoms with van der Waals surface area (Å²) in [5.74, 6) is 0.641. The van der Waals surface area contributed by atoms with Crippen molar-refractivity contribution in [2.45, 2.75) is 26.4 Å². The van der Waals surface area contributed by atoms with Gasteiger partial charge in [0, 0.05) is 5.02 Å². The summed E-state index contributed by atoms with van der Waals surface area (Å²) in [5.41, 5.74) is -0.784. The van der Waals surface area contributed by atoms with Crippen LogP contribution < -0.4 is 4.74 Å². The highest BCUT2D eigenvalue weighted by Crippen LogP contribution is 2.21. The first-order valence-corrected chi connectivity index (χ1v) is 4.75. The largest absolute Gasteiger partial charge is 0.480 e. The Labute approximate surface area is 88.8 Å². The molecule has 0 aliphatic heterocycles. The molecule has 3 heteroatoms.